The number of hydrogen-bond donors (Lipinski definition) is 2. The Labute approximate surface area is 181 Å². The average molecular weight is 438 g/mol. The normalized spacial score (nSPS) is 18.5. The van der Waals surface area contributed by atoms with Crippen molar-refractivity contribution in [3.63, 3.8) is 0 Å². The minimum Gasteiger partial charge on any atom is -0.462 e. The summed E-state index contributed by atoms with van der Waals surface area (Å²) in [6.45, 7) is 8.96. The monoisotopic (exact) mass is 437 g/mol. The Kier molecular flexibility index (Phi) is 8.00. The Morgan fingerprint density at radius 3 is 2.50 bits per heavy atom. The zero-order valence-corrected chi connectivity index (χ0v) is 19.2. The van der Waals surface area contributed by atoms with Crippen LogP contribution in [0.4, 0.5) is 9.80 Å². The molecule has 0 aliphatic carbocycles. The third kappa shape index (κ3) is 5.19. The first-order chi connectivity index (χ1) is 14.1. The second-order valence-electron chi connectivity index (χ2n) is 7.72. The van der Waals surface area contributed by atoms with Gasteiger partial charge in [-0.2, -0.15) is 0 Å². The van der Waals surface area contributed by atoms with Crippen molar-refractivity contribution in [3.05, 3.63) is 16.0 Å². The van der Waals surface area contributed by atoms with Crippen molar-refractivity contribution in [2.75, 3.05) is 18.5 Å². The summed E-state index contributed by atoms with van der Waals surface area (Å²) in [6.07, 6.45) is 4.51. The van der Waals surface area contributed by atoms with E-state index < -0.39 is 35.9 Å². The molecule has 8 nitrogen and oxygen atoms in total. The molecule has 1 fully saturated rings. The minimum absolute atomic E-state index is 0.222. The van der Waals surface area contributed by atoms with Gasteiger partial charge in [-0.15, -0.1) is 11.3 Å². The highest BCUT2D eigenvalue weighted by molar-refractivity contribution is 7.16. The predicted molar refractivity (Wildman–Crippen MR) is 116 cm³/mol. The number of carbonyl (C=O) groups is 4. The number of imide groups is 1. The SMILES string of the molecule is CCCCCCC1(C)NC(=O)N(CC(=O)Nc2sc(C)c(C)c2C(=O)OCC)C1=O. The fourth-order valence-corrected chi connectivity index (χ4v) is 4.50. The molecule has 1 aliphatic rings. The molecular weight excluding hydrogens is 406 g/mol. The van der Waals surface area contributed by atoms with Crippen molar-refractivity contribution >= 4 is 40.2 Å². The number of amides is 4. The highest BCUT2D eigenvalue weighted by Crippen LogP contribution is 2.33. The molecule has 0 radical (unpaired) electrons. The van der Waals surface area contributed by atoms with Crippen LogP contribution in [0.15, 0.2) is 0 Å². The zero-order chi connectivity index (χ0) is 22.5. The molecular formula is C21H31N3O5S. The van der Waals surface area contributed by atoms with E-state index in [4.69, 9.17) is 4.74 Å². The fraction of sp³-hybridized carbons (Fsp3) is 0.619. The second-order valence-corrected chi connectivity index (χ2v) is 8.94. The van der Waals surface area contributed by atoms with E-state index in [2.05, 4.69) is 17.6 Å². The van der Waals surface area contributed by atoms with Gasteiger partial charge in [0, 0.05) is 4.88 Å². The van der Waals surface area contributed by atoms with Crippen molar-refractivity contribution in [2.24, 2.45) is 0 Å². The molecule has 2 N–H and O–H groups in total. The van der Waals surface area contributed by atoms with E-state index in [1.807, 2.05) is 6.92 Å². The van der Waals surface area contributed by atoms with Gasteiger partial charge in [0.05, 0.1) is 12.2 Å². The lowest BCUT2D eigenvalue weighted by Crippen LogP contribution is -2.44. The largest absolute Gasteiger partial charge is 0.462 e. The highest BCUT2D eigenvalue weighted by Gasteiger charge is 2.47. The lowest BCUT2D eigenvalue weighted by Gasteiger charge is -2.21. The molecule has 0 aromatic carbocycles. The van der Waals surface area contributed by atoms with E-state index >= 15 is 0 Å². The number of anilines is 1. The summed E-state index contributed by atoms with van der Waals surface area (Å²) in [5.74, 6) is -1.45. The summed E-state index contributed by atoms with van der Waals surface area (Å²) in [7, 11) is 0. The molecule has 1 saturated heterocycles. The summed E-state index contributed by atoms with van der Waals surface area (Å²) in [6, 6.07) is -0.572. The maximum Gasteiger partial charge on any atom is 0.341 e. The number of aryl methyl sites for hydroxylation is 1. The molecule has 9 heteroatoms. The first kappa shape index (κ1) is 23.9. The lowest BCUT2D eigenvalue weighted by atomic mass is 9.94. The Morgan fingerprint density at radius 2 is 1.87 bits per heavy atom. The molecule has 1 aliphatic heterocycles. The van der Waals surface area contributed by atoms with Gasteiger partial charge in [0.15, 0.2) is 0 Å². The number of esters is 1. The standard InChI is InChI=1S/C21H31N3O5S/c1-6-8-9-10-11-21(5)19(27)24(20(28)23-21)12-15(25)22-17-16(18(26)29-7-2)13(3)14(4)30-17/h6-12H2,1-5H3,(H,22,25)(H,23,28). The molecule has 2 heterocycles. The summed E-state index contributed by atoms with van der Waals surface area (Å²) in [4.78, 5) is 51.8. The van der Waals surface area contributed by atoms with Crippen molar-refractivity contribution in [2.45, 2.75) is 72.3 Å². The predicted octanol–water partition coefficient (Wildman–Crippen LogP) is 3.76. The number of thiophene rings is 1. The third-order valence-corrected chi connectivity index (χ3v) is 6.42. The molecule has 0 bridgehead atoms. The van der Waals surface area contributed by atoms with Crippen molar-refractivity contribution in [3.8, 4) is 0 Å². The molecule has 2 rings (SSSR count). The van der Waals surface area contributed by atoms with Gasteiger partial charge in [0.2, 0.25) is 5.91 Å². The number of nitrogens with zero attached hydrogens (tertiary/aromatic N) is 1. The van der Waals surface area contributed by atoms with Crippen LogP contribution in [0.25, 0.3) is 0 Å². The first-order valence-electron chi connectivity index (χ1n) is 10.4. The van der Waals surface area contributed by atoms with Crippen LogP contribution in [0.1, 0.15) is 73.7 Å². The van der Waals surface area contributed by atoms with E-state index in [0.717, 1.165) is 41.0 Å². The van der Waals surface area contributed by atoms with Crippen LogP contribution in [-0.4, -0.2) is 47.4 Å². The van der Waals surface area contributed by atoms with Crippen LogP contribution in [0.2, 0.25) is 0 Å². The summed E-state index contributed by atoms with van der Waals surface area (Å²) in [5, 5.41) is 5.76. The number of unbranched alkanes of at least 4 members (excludes halogenated alkanes) is 3. The van der Waals surface area contributed by atoms with E-state index in [1.54, 1.807) is 20.8 Å². The molecule has 0 spiro atoms. The van der Waals surface area contributed by atoms with Crippen molar-refractivity contribution < 1.29 is 23.9 Å². The zero-order valence-electron chi connectivity index (χ0n) is 18.3. The topological polar surface area (TPSA) is 105 Å². The number of rotatable bonds is 10. The molecule has 1 atom stereocenters. The molecule has 0 saturated carbocycles. The second kappa shape index (κ2) is 10.1. The molecule has 4 amide bonds. The minimum atomic E-state index is -0.989. The van der Waals surface area contributed by atoms with Gasteiger partial charge in [-0.1, -0.05) is 32.6 Å². The first-order valence-corrected chi connectivity index (χ1v) is 11.2. The van der Waals surface area contributed by atoms with Gasteiger partial charge in [-0.3, -0.25) is 14.5 Å². The number of ether oxygens (including phenoxy) is 1. The van der Waals surface area contributed by atoms with E-state index in [-0.39, 0.29) is 6.61 Å². The Morgan fingerprint density at radius 1 is 1.17 bits per heavy atom. The van der Waals surface area contributed by atoms with Crippen LogP contribution in [0, 0.1) is 13.8 Å². The van der Waals surface area contributed by atoms with Crippen molar-refractivity contribution in [1.29, 1.82) is 0 Å². The number of urea groups is 1. The molecule has 1 aromatic heterocycles. The summed E-state index contributed by atoms with van der Waals surface area (Å²) >= 11 is 1.26. The number of carbonyl (C=O) groups excluding carboxylic acids is 4. The van der Waals surface area contributed by atoms with Gasteiger partial charge in [0.25, 0.3) is 5.91 Å². The Hall–Kier alpha value is -2.42. The van der Waals surface area contributed by atoms with Gasteiger partial charge >= 0.3 is 12.0 Å². The lowest BCUT2D eigenvalue weighted by molar-refractivity contribution is -0.133. The molecule has 1 aromatic rings. The highest BCUT2D eigenvalue weighted by atomic mass is 32.1. The van der Waals surface area contributed by atoms with Crippen LogP contribution < -0.4 is 10.6 Å². The quantitative estimate of drug-likeness (QED) is 0.329. The third-order valence-electron chi connectivity index (χ3n) is 5.30. The smallest absolute Gasteiger partial charge is 0.341 e. The van der Waals surface area contributed by atoms with Crippen LogP contribution >= 0.6 is 11.3 Å². The van der Waals surface area contributed by atoms with Crippen molar-refractivity contribution in [1.82, 2.24) is 10.2 Å². The maximum absolute atomic E-state index is 12.8. The fourth-order valence-electron chi connectivity index (χ4n) is 3.44. The van der Waals surface area contributed by atoms with Crippen LogP contribution in [0.5, 0.6) is 0 Å². The van der Waals surface area contributed by atoms with Crippen LogP contribution in [-0.2, 0) is 14.3 Å². The van der Waals surface area contributed by atoms with Crippen LogP contribution in [0.3, 0.4) is 0 Å². The Balaban J connectivity index is 2.06. The van der Waals surface area contributed by atoms with E-state index in [9.17, 15) is 19.2 Å². The van der Waals surface area contributed by atoms with Gasteiger partial charge in [-0.05, 0) is 39.7 Å². The van der Waals surface area contributed by atoms with E-state index in [0.29, 0.717) is 17.0 Å². The maximum atomic E-state index is 12.8. The molecule has 1 unspecified atom stereocenters. The number of hydrogen-bond acceptors (Lipinski definition) is 6. The number of nitrogens with one attached hydrogen (secondary N) is 2. The van der Waals surface area contributed by atoms with Gasteiger partial charge < -0.3 is 15.4 Å². The molecule has 166 valence electrons. The Bertz CT molecular complexity index is 835. The molecule has 30 heavy (non-hydrogen) atoms. The summed E-state index contributed by atoms with van der Waals surface area (Å²) in [5.41, 5.74) is 0.0613. The van der Waals surface area contributed by atoms with E-state index in [1.165, 1.54) is 11.3 Å². The van der Waals surface area contributed by atoms with Gasteiger partial charge in [-0.25, -0.2) is 9.59 Å². The average Bonchev–Trinajstić information content (AvgIpc) is 3.06. The van der Waals surface area contributed by atoms with Gasteiger partial charge in [0.1, 0.15) is 17.1 Å². The summed E-state index contributed by atoms with van der Waals surface area (Å²) < 4.78 is 5.08.